The zero-order valence-electron chi connectivity index (χ0n) is 17.7. The van der Waals surface area contributed by atoms with Crippen LogP contribution in [0.4, 0.5) is 4.79 Å². The van der Waals surface area contributed by atoms with Gasteiger partial charge in [0.2, 0.25) is 17.7 Å². The topological polar surface area (TPSA) is 131 Å². The molecule has 1 fully saturated rings. The van der Waals surface area contributed by atoms with Gasteiger partial charge in [0, 0.05) is 6.54 Å². The highest BCUT2D eigenvalue weighted by molar-refractivity contribution is 5.93. The summed E-state index contributed by atoms with van der Waals surface area (Å²) in [5, 5.41) is 5.24. The average Bonchev–Trinajstić information content (AvgIpc) is 3.01. The van der Waals surface area contributed by atoms with E-state index in [1.807, 2.05) is 13.8 Å². The zero-order chi connectivity index (χ0) is 21.6. The SMILES string of the molecule is CC(C)C[C@H](NC(=O)[C@H]1CCCN1C(=O)OC(C)(C)C)C(=O)N[C@@H](C)C(N)=O. The van der Waals surface area contributed by atoms with Crippen molar-refractivity contribution in [2.24, 2.45) is 11.7 Å². The van der Waals surface area contributed by atoms with Gasteiger partial charge in [0.25, 0.3) is 0 Å². The minimum atomic E-state index is -0.844. The Labute approximate surface area is 166 Å². The minimum absolute atomic E-state index is 0.130. The molecule has 0 saturated carbocycles. The normalized spacial score (nSPS) is 19.1. The Morgan fingerprint density at radius 3 is 2.25 bits per heavy atom. The summed E-state index contributed by atoms with van der Waals surface area (Å²) in [6.07, 6.45) is 1.02. The number of carbonyl (C=O) groups excluding carboxylic acids is 4. The first-order valence-electron chi connectivity index (χ1n) is 9.71. The van der Waals surface area contributed by atoms with E-state index in [0.29, 0.717) is 25.8 Å². The van der Waals surface area contributed by atoms with Gasteiger partial charge in [-0.2, -0.15) is 0 Å². The number of primary amides is 1. The fourth-order valence-electron chi connectivity index (χ4n) is 2.93. The maximum absolute atomic E-state index is 12.8. The van der Waals surface area contributed by atoms with Gasteiger partial charge in [0.15, 0.2) is 0 Å². The molecule has 0 aromatic heterocycles. The average molecular weight is 399 g/mol. The van der Waals surface area contributed by atoms with Gasteiger partial charge in [-0.15, -0.1) is 0 Å². The smallest absolute Gasteiger partial charge is 0.410 e. The lowest BCUT2D eigenvalue weighted by molar-refractivity contribution is -0.133. The van der Waals surface area contributed by atoms with E-state index < -0.39 is 47.5 Å². The highest BCUT2D eigenvalue weighted by Gasteiger charge is 2.38. The number of nitrogens with two attached hydrogens (primary N) is 1. The van der Waals surface area contributed by atoms with Gasteiger partial charge in [-0.25, -0.2) is 4.79 Å². The Morgan fingerprint density at radius 1 is 1.14 bits per heavy atom. The first kappa shape index (κ1) is 23.7. The van der Waals surface area contributed by atoms with Gasteiger partial charge in [-0.05, 0) is 52.9 Å². The first-order valence-corrected chi connectivity index (χ1v) is 9.71. The lowest BCUT2D eigenvalue weighted by atomic mass is 10.0. The molecule has 0 spiro atoms. The molecule has 1 rings (SSSR count). The molecule has 0 aromatic carbocycles. The minimum Gasteiger partial charge on any atom is -0.444 e. The summed E-state index contributed by atoms with van der Waals surface area (Å²) in [5.41, 5.74) is 4.53. The molecule has 1 aliphatic rings. The van der Waals surface area contributed by atoms with Crippen molar-refractivity contribution in [2.45, 2.75) is 84.5 Å². The van der Waals surface area contributed by atoms with Gasteiger partial charge >= 0.3 is 6.09 Å². The zero-order valence-corrected chi connectivity index (χ0v) is 17.7. The van der Waals surface area contributed by atoms with Crippen molar-refractivity contribution in [3.8, 4) is 0 Å². The largest absolute Gasteiger partial charge is 0.444 e. The van der Waals surface area contributed by atoms with Gasteiger partial charge < -0.3 is 21.1 Å². The van der Waals surface area contributed by atoms with E-state index in [2.05, 4.69) is 10.6 Å². The van der Waals surface area contributed by atoms with Crippen LogP contribution in [0.25, 0.3) is 0 Å². The fourth-order valence-corrected chi connectivity index (χ4v) is 2.93. The maximum atomic E-state index is 12.8. The van der Waals surface area contributed by atoms with Crippen molar-refractivity contribution >= 4 is 23.8 Å². The fraction of sp³-hybridized carbons (Fsp3) is 0.789. The summed E-state index contributed by atoms with van der Waals surface area (Å²) in [4.78, 5) is 50.3. The van der Waals surface area contributed by atoms with Crippen LogP contribution in [-0.4, -0.2) is 59.0 Å². The van der Waals surface area contributed by atoms with Crippen LogP contribution in [-0.2, 0) is 19.1 Å². The third-order valence-corrected chi connectivity index (χ3v) is 4.31. The van der Waals surface area contributed by atoms with E-state index in [4.69, 9.17) is 10.5 Å². The van der Waals surface area contributed by atoms with Gasteiger partial charge in [0.1, 0.15) is 23.7 Å². The van der Waals surface area contributed by atoms with Gasteiger partial charge in [-0.1, -0.05) is 13.8 Å². The van der Waals surface area contributed by atoms with E-state index >= 15 is 0 Å². The molecule has 3 atom stereocenters. The number of rotatable bonds is 7. The van der Waals surface area contributed by atoms with E-state index in [1.54, 1.807) is 20.8 Å². The molecule has 1 saturated heterocycles. The van der Waals surface area contributed by atoms with E-state index in [1.165, 1.54) is 11.8 Å². The molecule has 160 valence electrons. The van der Waals surface area contributed by atoms with Crippen LogP contribution in [0.3, 0.4) is 0 Å². The number of likely N-dealkylation sites (tertiary alicyclic amines) is 1. The Hall–Kier alpha value is -2.32. The third-order valence-electron chi connectivity index (χ3n) is 4.31. The molecule has 4 N–H and O–H groups in total. The second-order valence-corrected chi connectivity index (χ2v) is 8.66. The first-order chi connectivity index (χ1) is 12.8. The number of nitrogens with zero attached hydrogens (tertiary/aromatic N) is 1. The van der Waals surface area contributed by atoms with Crippen LogP contribution < -0.4 is 16.4 Å². The number of nitrogens with one attached hydrogen (secondary N) is 2. The van der Waals surface area contributed by atoms with Crippen molar-refractivity contribution in [3.05, 3.63) is 0 Å². The second kappa shape index (κ2) is 9.75. The summed E-state index contributed by atoms with van der Waals surface area (Å²) < 4.78 is 5.37. The van der Waals surface area contributed by atoms with Gasteiger partial charge in [0.05, 0.1) is 0 Å². The molecule has 0 unspecified atom stereocenters. The lowest BCUT2D eigenvalue weighted by Crippen LogP contribution is -2.56. The van der Waals surface area contributed by atoms with Gasteiger partial charge in [-0.3, -0.25) is 19.3 Å². The molecule has 0 radical (unpaired) electrons. The van der Waals surface area contributed by atoms with E-state index in [-0.39, 0.29) is 5.92 Å². The Morgan fingerprint density at radius 2 is 1.75 bits per heavy atom. The molecule has 0 aromatic rings. The monoisotopic (exact) mass is 398 g/mol. The summed E-state index contributed by atoms with van der Waals surface area (Å²) >= 11 is 0. The molecule has 0 bridgehead atoms. The van der Waals surface area contributed by atoms with Crippen LogP contribution in [0.5, 0.6) is 0 Å². The number of hydrogen-bond acceptors (Lipinski definition) is 5. The highest BCUT2D eigenvalue weighted by Crippen LogP contribution is 2.21. The molecule has 1 heterocycles. The van der Waals surface area contributed by atoms with Crippen molar-refractivity contribution < 1.29 is 23.9 Å². The molecular formula is C19H34N4O5. The predicted molar refractivity (Wildman–Crippen MR) is 104 cm³/mol. The number of amides is 4. The van der Waals surface area contributed by atoms with Crippen LogP contribution in [0.2, 0.25) is 0 Å². The van der Waals surface area contributed by atoms with Crippen molar-refractivity contribution in [3.63, 3.8) is 0 Å². The van der Waals surface area contributed by atoms with E-state index in [0.717, 1.165) is 0 Å². The number of hydrogen-bond donors (Lipinski definition) is 3. The molecule has 0 aliphatic carbocycles. The molecule has 9 heteroatoms. The Balaban J connectivity index is 2.84. The third kappa shape index (κ3) is 7.36. The van der Waals surface area contributed by atoms with Crippen LogP contribution in [0, 0.1) is 5.92 Å². The summed E-state index contributed by atoms with van der Waals surface area (Å²) in [5.74, 6) is -1.41. The molecular weight excluding hydrogens is 364 g/mol. The summed E-state index contributed by atoms with van der Waals surface area (Å²) in [6.45, 7) is 11.0. The quantitative estimate of drug-likeness (QED) is 0.586. The van der Waals surface area contributed by atoms with E-state index in [9.17, 15) is 19.2 Å². The maximum Gasteiger partial charge on any atom is 0.410 e. The standard InChI is InChI=1S/C19H34N4O5/c1-11(2)10-13(16(25)21-12(3)15(20)24)22-17(26)14-8-7-9-23(14)18(27)28-19(4,5)6/h11-14H,7-10H2,1-6H3,(H2,20,24)(H,21,25)(H,22,26)/t12-,13-,14+/m0/s1. The molecule has 9 nitrogen and oxygen atoms in total. The predicted octanol–water partition coefficient (Wildman–Crippen LogP) is 0.907. The summed E-state index contributed by atoms with van der Waals surface area (Å²) in [7, 11) is 0. The van der Waals surface area contributed by atoms with Crippen LogP contribution >= 0.6 is 0 Å². The number of ether oxygens (including phenoxy) is 1. The second-order valence-electron chi connectivity index (χ2n) is 8.66. The van der Waals surface area contributed by atoms with Crippen molar-refractivity contribution in [2.75, 3.05) is 6.54 Å². The lowest BCUT2D eigenvalue weighted by Gasteiger charge is -2.29. The van der Waals surface area contributed by atoms with Crippen LogP contribution in [0.15, 0.2) is 0 Å². The molecule has 28 heavy (non-hydrogen) atoms. The Bertz CT molecular complexity index is 600. The van der Waals surface area contributed by atoms with Crippen molar-refractivity contribution in [1.29, 1.82) is 0 Å². The summed E-state index contributed by atoms with van der Waals surface area (Å²) in [6, 6.07) is -2.36. The Kier molecular flexibility index (Phi) is 8.26. The highest BCUT2D eigenvalue weighted by atomic mass is 16.6. The molecule has 1 aliphatic heterocycles. The molecule has 4 amide bonds. The van der Waals surface area contributed by atoms with Crippen molar-refractivity contribution in [1.82, 2.24) is 15.5 Å². The van der Waals surface area contributed by atoms with Crippen LogP contribution in [0.1, 0.15) is 60.8 Å². The number of carbonyl (C=O) groups is 4.